The molecular formula is C14H23N3O2. The summed E-state index contributed by atoms with van der Waals surface area (Å²) in [5.41, 5.74) is 3.62. The molecule has 0 spiro atoms. The number of aliphatic carboxylic acids is 1. The predicted octanol–water partition coefficient (Wildman–Crippen LogP) is 1.99. The quantitative estimate of drug-likeness (QED) is 0.884. The number of carbonyl (C=O) groups is 1. The molecule has 2 rings (SSSR count). The minimum atomic E-state index is -0.691. The monoisotopic (exact) mass is 265 g/mol. The van der Waals surface area contributed by atoms with E-state index in [1.807, 2.05) is 4.68 Å². The average Bonchev–Trinajstić information content (AvgIpc) is 2.57. The summed E-state index contributed by atoms with van der Waals surface area (Å²) in [4.78, 5) is 13.0. The summed E-state index contributed by atoms with van der Waals surface area (Å²) in [5, 5.41) is 13.3. The summed E-state index contributed by atoms with van der Waals surface area (Å²) in [7, 11) is 0. The number of nitrogens with zero attached hydrogens (tertiary/aromatic N) is 3. The number of carboxylic acid groups (broad SMARTS) is 1. The van der Waals surface area contributed by atoms with Crippen LogP contribution in [0, 0.1) is 19.8 Å². The van der Waals surface area contributed by atoms with Crippen molar-refractivity contribution in [3.05, 3.63) is 17.0 Å². The second kappa shape index (κ2) is 5.33. The topological polar surface area (TPSA) is 58.4 Å². The van der Waals surface area contributed by atoms with Crippen molar-refractivity contribution in [1.29, 1.82) is 0 Å². The lowest BCUT2D eigenvalue weighted by Crippen LogP contribution is -2.48. The van der Waals surface area contributed by atoms with Crippen LogP contribution in [0.1, 0.15) is 43.3 Å². The normalized spacial score (nSPS) is 18.3. The van der Waals surface area contributed by atoms with E-state index in [0.717, 1.165) is 25.3 Å². The Morgan fingerprint density at radius 2 is 2.11 bits per heavy atom. The molecule has 0 aromatic carbocycles. The first-order valence-corrected chi connectivity index (χ1v) is 6.93. The number of aromatic nitrogens is 2. The van der Waals surface area contributed by atoms with Gasteiger partial charge in [0.2, 0.25) is 0 Å². The van der Waals surface area contributed by atoms with E-state index in [2.05, 4.69) is 37.7 Å². The molecule has 5 nitrogen and oxygen atoms in total. The summed E-state index contributed by atoms with van der Waals surface area (Å²) in [6.07, 6.45) is 0.287. The fraction of sp³-hybridized carbons (Fsp3) is 0.714. The Hall–Kier alpha value is -1.36. The highest BCUT2D eigenvalue weighted by molar-refractivity contribution is 5.67. The molecule has 1 aliphatic rings. The van der Waals surface area contributed by atoms with Crippen molar-refractivity contribution in [1.82, 2.24) is 14.7 Å². The van der Waals surface area contributed by atoms with Gasteiger partial charge in [0.15, 0.2) is 0 Å². The maximum absolute atomic E-state index is 10.7. The number of rotatable bonds is 5. The Labute approximate surface area is 114 Å². The SMILES string of the molecule is CCn1nc(C)c(C(C)N2CC(CC(=O)O)C2)c1C. The van der Waals surface area contributed by atoms with Crippen molar-refractivity contribution in [2.24, 2.45) is 5.92 Å². The Morgan fingerprint density at radius 3 is 2.58 bits per heavy atom. The van der Waals surface area contributed by atoms with Crippen LogP contribution in [-0.4, -0.2) is 38.8 Å². The summed E-state index contributed by atoms with van der Waals surface area (Å²) < 4.78 is 2.04. The summed E-state index contributed by atoms with van der Waals surface area (Å²) in [5.74, 6) is -0.384. The van der Waals surface area contributed by atoms with E-state index in [4.69, 9.17) is 5.11 Å². The second-order valence-electron chi connectivity index (χ2n) is 5.49. The zero-order chi connectivity index (χ0) is 14.2. The van der Waals surface area contributed by atoms with Gasteiger partial charge >= 0.3 is 5.97 Å². The van der Waals surface area contributed by atoms with Gasteiger partial charge in [-0.05, 0) is 33.6 Å². The molecule has 0 radical (unpaired) electrons. The minimum absolute atomic E-state index is 0.287. The fourth-order valence-electron chi connectivity index (χ4n) is 3.11. The van der Waals surface area contributed by atoms with E-state index in [1.54, 1.807) is 0 Å². The summed E-state index contributed by atoms with van der Waals surface area (Å²) in [6.45, 7) is 11.1. The average molecular weight is 265 g/mol. The van der Waals surface area contributed by atoms with Crippen molar-refractivity contribution in [2.45, 2.75) is 46.7 Å². The van der Waals surface area contributed by atoms with Crippen molar-refractivity contribution < 1.29 is 9.90 Å². The number of carboxylic acids is 1. The van der Waals surface area contributed by atoms with Gasteiger partial charge < -0.3 is 5.11 Å². The van der Waals surface area contributed by atoms with Crippen molar-refractivity contribution in [3.8, 4) is 0 Å². The first-order chi connectivity index (χ1) is 8.93. The van der Waals surface area contributed by atoms with Crippen LogP contribution >= 0.6 is 0 Å². The van der Waals surface area contributed by atoms with E-state index >= 15 is 0 Å². The molecule has 0 aliphatic carbocycles. The number of likely N-dealkylation sites (tertiary alicyclic amines) is 1. The minimum Gasteiger partial charge on any atom is -0.481 e. The van der Waals surface area contributed by atoms with Crippen LogP contribution in [0.4, 0.5) is 0 Å². The number of hydrogen-bond acceptors (Lipinski definition) is 3. The molecule has 1 aliphatic heterocycles. The summed E-state index contributed by atoms with van der Waals surface area (Å²) in [6, 6.07) is 0.324. The van der Waals surface area contributed by atoms with Crippen LogP contribution in [0.2, 0.25) is 0 Å². The third kappa shape index (κ3) is 2.66. The highest BCUT2D eigenvalue weighted by Crippen LogP contribution is 2.32. The van der Waals surface area contributed by atoms with Gasteiger partial charge in [-0.2, -0.15) is 5.10 Å². The summed E-state index contributed by atoms with van der Waals surface area (Å²) >= 11 is 0. The third-order valence-corrected chi connectivity index (χ3v) is 4.15. The first kappa shape index (κ1) is 14.1. The lowest BCUT2D eigenvalue weighted by atomic mass is 9.92. The van der Waals surface area contributed by atoms with Gasteiger partial charge in [-0.15, -0.1) is 0 Å². The third-order valence-electron chi connectivity index (χ3n) is 4.15. The van der Waals surface area contributed by atoms with Crippen molar-refractivity contribution in [3.63, 3.8) is 0 Å². The van der Waals surface area contributed by atoms with E-state index in [9.17, 15) is 4.79 Å². The zero-order valence-electron chi connectivity index (χ0n) is 12.2. The number of aryl methyl sites for hydroxylation is 2. The van der Waals surface area contributed by atoms with Gasteiger partial charge in [-0.3, -0.25) is 14.4 Å². The van der Waals surface area contributed by atoms with Crippen molar-refractivity contribution >= 4 is 5.97 Å². The molecule has 2 heterocycles. The van der Waals surface area contributed by atoms with Gasteiger partial charge in [0.05, 0.1) is 12.1 Å². The molecule has 1 aromatic rings. The molecule has 1 aromatic heterocycles. The molecular weight excluding hydrogens is 242 g/mol. The molecule has 5 heteroatoms. The largest absolute Gasteiger partial charge is 0.481 e. The maximum atomic E-state index is 10.7. The molecule has 1 fully saturated rings. The van der Waals surface area contributed by atoms with E-state index in [1.165, 1.54) is 11.3 Å². The van der Waals surface area contributed by atoms with Crippen LogP contribution in [0.5, 0.6) is 0 Å². The molecule has 1 unspecified atom stereocenters. The number of hydrogen-bond donors (Lipinski definition) is 1. The molecule has 1 atom stereocenters. The zero-order valence-corrected chi connectivity index (χ0v) is 12.2. The van der Waals surface area contributed by atoms with Crippen LogP contribution in [0.3, 0.4) is 0 Å². The Bertz CT molecular complexity index is 475. The Kier molecular flexibility index (Phi) is 3.94. The Balaban J connectivity index is 2.04. The van der Waals surface area contributed by atoms with Crippen LogP contribution in [-0.2, 0) is 11.3 Å². The van der Waals surface area contributed by atoms with Crippen molar-refractivity contribution in [2.75, 3.05) is 13.1 Å². The lowest BCUT2D eigenvalue weighted by molar-refractivity contribution is -0.139. The fourth-order valence-corrected chi connectivity index (χ4v) is 3.11. The molecule has 106 valence electrons. The molecule has 0 amide bonds. The smallest absolute Gasteiger partial charge is 0.303 e. The van der Waals surface area contributed by atoms with Gasteiger partial charge in [-0.1, -0.05) is 0 Å². The predicted molar refractivity (Wildman–Crippen MR) is 73.1 cm³/mol. The highest BCUT2D eigenvalue weighted by Gasteiger charge is 2.34. The standard InChI is InChI=1S/C14H23N3O2/c1-5-17-11(4)14(9(2)15-17)10(3)16-7-12(8-16)6-13(18)19/h10,12H,5-8H2,1-4H3,(H,18,19). The Morgan fingerprint density at radius 1 is 1.47 bits per heavy atom. The highest BCUT2D eigenvalue weighted by atomic mass is 16.4. The maximum Gasteiger partial charge on any atom is 0.303 e. The van der Waals surface area contributed by atoms with E-state index in [0.29, 0.717) is 12.0 Å². The van der Waals surface area contributed by atoms with Crippen LogP contribution in [0.15, 0.2) is 0 Å². The van der Waals surface area contributed by atoms with Gasteiger partial charge in [0, 0.05) is 36.9 Å². The second-order valence-corrected chi connectivity index (χ2v) is 5.49. The van der Waals surface area contributed by atoms with Gasteiger partial charge in [-0.25, -0.2) is 0 Å². The van der Waals surface area contributed by atoms with Gasteiger partial charge in [0.1, 0.15) is 0 Å². The molecule has 19 heavy (non-hydrogen) atoms. The first-order valence-electron chi connectivity index (χ1n) is 6.93. The molecule has 0 saturated carbocycles. The molecule has 1 saturated heterocycles. The lowest BCUT2D eigenvalue weighted by Gasteiger charge is -2.43. The van der Waals surface area contributed by atoms with Crippen LogP contribution < -0.4 is 0 Å². The van der Waals surface area contributed by atoms with Crippen LogP contribution in [0.25, 0.3) is 0 Å². The van der Waals surface area contributed by atoms with E-state index < -0.39 is 5.97 Å². The molecule has 1 N–H and O–H groups in total. The molecule has 0 bridgehead atoms. The van der Waals surface area contributed by atoms with E-state index in [-0.39, 0.29) is 6.42 Å². The van der Waals surface area contributed by atoms with Gasteiger partial charge in [0.25, 0.3) is 0 Å².